The second kappa shape index (κ2) is 5.83. The molecule has 2 unspecified atom stereocenters. The second-order valence-corrected chi connectivity index (χ2v) is 6.19. The van der Waals surface area contributed by atoms with Crippen molar-refractivity contribution in [3.05, 3.63) is 28.2 Å². The molecule has 0 bridgehead atoms. The average molecular weight is 341 g/mol. The van der Waals surface area contributed by atoms with E-state index in [2.05, 4.69) is 28.2 Å². The molecule has 20 heavy (non-hydrogen) atoms. The summed E-state index contributed by atoms with van der Waals surface area (Å²) in [5, 5.41) is 11.8. The number of halogens is 1. The van der Waals surface area contributed by atoms with Crippen LogP contribution in [0.1, 0.15) is 23.7 Å². The molecule has 2 atom stereocenters. The molecule has 0 aliphatic heterocycles. The first-order valence-electron chi connectivity index (χ1n) is 6.43. The quantitative estimate of drug-likeness (QED) is 0.883. The van der Waals surface area contributed by atoms with E-state index in [9.17, 15) is 9.59 Å². The van der Waals surface area contributed by atoms with Crippen molar-refractivity contribution >= 4 is 33.6 Å². The van der Waals surface area contributed by atoms with Crippen molar-refractivity contribution in [3.8, 4) is 0 Å². The zero-order valence-corrected chi connectivity index (χ0v) is 13.0. The molecular weight excluding hydrogens is 324 g/mol. The van der Waals surface area contributed by atoms with Gasteiger partial charge in [-0.25, -0.2) is 9.59 Å². The van der Waals surface area contributed by atoms with Crippen molar-refractivity contribution in [2.24, 2.45) is 11.8 Å². The summed E-state index contributed by atoms with van der Waals surface area (Å²) in [6, 6.07) is 4.47. The predicted octanol–water partition coefficient (Wildman–Crippen LogP) is 3.27. The van der Waals surface area contributed by atoms with Gasteiger partial charge in [-0.3, -0.25) is 0 Å². The van der Waals surface area contributed by atoms with Gasteiger partial charge in [0.1, 0.15) is 0 Å². The Balaban J connectivity index is 2.05. The number of carbonyl (C=O) groups excluding carboxylic acids is 1. The molecule has 0 saturated heterocycles. The van der Waals surface area contributed by atoms with Gasteiger partial charge in [0, 0.05) is 18.1 Å². The molecule has 1 fully saturated rings. The lowest BCUT2D eigenvalue weighted by Gasteiger charge is -2.18. The van der Waals surface area contributed by atoms with Crippen molar-refractivity contribution in [3.63, 3.8) is 0 Å². The summed E-state index contributed by atoms with van der Waals surface area (Å²) in [5.74, 6) is 0.169. The number of nitrogens with zero attached hydrogens (tertiary/aromatic N) is 1. The number of carboxylic acid groups (broad SMARTS) is 1. The van der Waals surface area contributed by atoms with Gasteiger partial charge in [-0.15, -0.1) is 0 Å². The van der Waals surface area contributed by atoms with E-state index in [0.29, 0.717) is 28.5 Å². The number of urea groups is 1. The maximum absolute atomic E-state index is 12.1. The molecule has 1 aromatic carbocycles. The first kappa shape index (κ1) is 14.8. The van der Waals surface area contributed by atoms with Crippen molar-refractivity contribution in [1.82, 2.24) is 4.90 Å². The summed E-state index contributed by atoms with van der Waals surface area (Å²) in [5.41, 5.74) is 0.377. The highest BCUT2D eigenvalue weighted by molar-refractivity contribution is 9.10. The lowest BCUT2D eigenvalue weighted by Crippen LogP contribution is -2.33. The number of benzene rings is 1. The van der Waals surface area contributed by atoms with E-state index in [1.54, 1.807) is 24.1 Å². The standard InChI is InChI=1S/C14H17BrN2O3/c1-8-5-9(8)7-17(2)14(20)16-12-4-3-10(15)6-11(12)13(18)19/h3-4,6,8-9H,5,7H2,1-2H3,(H,16,20)(H,18,19). The Morgan fingerprint density at radius 2 is 2.15 bits per heavy atom. The maximum atomic E-state index is 12.1. The van der Waals surface area contributed by atoms with Crippen LogP contribution < -0.4 is 5.32 Å². The fourth-order valence-electron chi connectivity index (χ4n) is 2.10. The molecule has 0 aromatic heterocycles. The molecule has 1 saturated carbocycles. The molecule has 2 amide bonds. The van der Waals surface area contributed by atoms with Crippen molar-refractivity contribution in [2.75, 3.05) is 18.9 Å². The molecule has 2 rings (SSSR count). The predicted molar refractivity (Wildman–Crippen MR) is 80.0 cm³/mol. The van der Waals surface area contributed by atoms with E-state index in [1.165, 1.54) is 6.07 Å². The van der Waals surface area contributed by atoms with E-state index in [1.807, 2.05) is 0 Å². The monoisotopic (exact) mass is 340 g/mol. The molecule has 1 aliphatic carbocycles. The normalized spacial score (nSPS) is 20.4. The number of hydrogen-bond acceptors (Lipinski definition) is 2. The molecule has 1 aliphatic rings. The van der Waals surface area contributed by atoms with Crippen LogP contribution in [-0.2, 0) is 0 Å². The SMILES string of the molecule is CC1CC1CN(C)C(=O)Nc1ccc(Br)cc1C(=O)O. The number of carbonyl (C=O) groups is 2. The minimum absolute atomic E-state index is 0.0703. The Morgan fingerprint density at radius 1 is 1.50 bits per heavy atom. The van der Waals surface area contributed by atoms with Gasteiger partial charge in [-0.1, -0.05) is 22.9 Å². The fraction of sp³-hybridized carbons (Fsp3) is 0.429. The van der Waals surface area contributed by atoms with Crippen molar-refractivity contribution < 1.29 is 14.7 Å². The third kappa shape index (κ3) is 3.50. The third-order valence-corrected chi connectivity index (χ3v) is 4.08. The smallest absolute Gasteiger partial charge is 0.337 e. The largest absolute Gasteiger partial charge is 0.478 e. The van der Waals surface area contributed by atoms with Crippen molar-refractivity contribution in [2.45, 2.75) is 13.3 Å². The summed E-state index contributed by atoms with van der Waals surface area (Å²) >= 11 is 3.22. The Hall–Kier alpha value is -1.56. The Morgan fingerprint density at radius 3 is 2.70 bits per heavy atom. The van der Waals surface area contributed by atoms with Gasteiger partial charge >= 0.3 is 12.0 Å². The third-order valence-electron chi connectivity index (χ3n) is 3.58. The summed E-state index contributed by atoms with van der Waals surface area (Å²) in [6.07, 6.45) is 1.15. The van der Waals surface area contributed by atoms with Gasteiger partial charge < -0.3 is 15.3 Å². The zero-order valence-electron chi connectivity index (χ0n) is 11.4. The molecule has 0 spiro atoms. The van der Waals surface area contributed by atoms with Crippen LogP contribution >= 0.6 is 15.9 Å². The topological polar surface area (TPSA) is 69.6 Å². The average Bonchev–Trinajstić information content (AvgIpc) is 3.06. The van der Waals surface area contributed by atoms with Crippen LogP contribution in [0.15, 0.2) is 22.7 Å². The van der Waals surface area contributed by atoms with Crippen LogP contribution in [0.4, 0.5) is 10.5 Å². The highest BCUT2D eigenvalue weighted by Crippen LogP contribution is 2.38. The number of nitrogens with one attached hydrogen (secondary N) is 1. The van der Waals surface area contributed by atoms with Crippen LogP contribution in [0.3, 0.4) is 0 Å². The molecule has 2 N–H and O–H groups in total. The Kier molecular flexibility index (Phi) is 4.32. The van der Waals surface area contributed by atoms with E-state index in [-0.39, 0.29) is 11.6 Å². The van der Waals surface area contributed by atoms with Gasteiger partial charge in [0.15, 0.2) is 0 Å². The summed E-state index contributed by atoms with van der Waals surface area (Å²) < 4.78 is 0.660. The maximum Gasteiger partial charge on any atom is 0.337 e. The Bertz CT molecular complexity index is 547. The summed E-state index contributed by atoms with van der Waals surface area (Å²) in [4.78, 5) is 24.8. The first-order chi connectivity index (χ1) is 9.38. The fourth-order valence-corrected chi connectivity index (χ4v) is 2.46. The minimum atomic E-state index is -1.07. The van der Waals surface area contributed by atoms with E-state index < -0.39 is 5.97 Å². The number of rotatable bonds is 4. The first-order valence-corrected chi connectivity index (χ1v) is 7.22. The van der Waals surface area contributed by atoms with Gasteiger partial charge in [-0.05, 0) is 36.5 Å². The van der Waals surface area contributed by atoms with Crippen LogP contribution in [0.25, 0.3) is 0 Å². The number of aromatic carboxylic acids is 1. The lowest BCUT2D eigenvalue weighted by atomic mass is 10.2. The highest BCUT2D eigenvalue weighted by atomic mass is 79.9. The molecule has 1 aromatic rings. The lowest BCUT2D eigenvalue weighted by molar-refractivity contribution is 0.0698. The zero-order chi connectivity index (χ0) is 14.9. The van der Waals surface area contributed by atoms with E-state index in [0.717, 1.165) is 6.42 Å². The molecule has 5 nitrogen and oxygen atoms in total. The molecule has 0 heterocycles. The number of hydrogen-bond donors (Lipinski definition) is 2. The number of carboxylic acids is 1. The Labute approximate surface area is 126 Å². The van der Waals surface area contributed by atoms with Crippen molar-refractivity contribution in [1.29, 1.82) is 0 Å². The van der Waals surface area contributed by atoms with Crippen LogP contribution in [0, 0.1) is 11.8 Å². The van der Waals surface area contributed by atoms with Gasteiger partial charge in [-0.2, -0.15) is 0 Å². The van der Waals surface area contributed by atoms with Gasteiger partial charge in [0.25, 0.3) is 0 Å². The van der Waals surface area contributed by atoms with E-state index in [4.69, 9.17) is 5.11 Å². The number of amides is 2. The summed E-state index contributed by atoms with van der Waals surface area (Å²) in [7, 11) is 1.72. The van der Waals surface area contributed by atoms with Gasteiger partial charge in [0.2, 0.25) is 0 Å². The number of anilines is 1. The van der Waals surface area contributed by atoms with Crippen LogP contribution in [-0.4, -0.2) is 35.6 Å². The molecular formula is C14H17BrN2O3. The van der Waals surface area contributed by atoms with Crippen LogP contribution in [0.2, 0.25) is 0 Å². The molecule has 0 radical (unpaired) electrons. The molecule has 108 valence electrons. The van der Waals surface area contributed by atoms with Crippen LogP contribution in [0.5, 0.6) is 0 Å². The molecule has 6 heteroatoms. The highest BCUT2D eigenvalue weighted by Gasteiger charge is 2.34. The van der Waals surface area contributed by atoms with E-state index >= 15 is 0 Å². The summed E-state index contributed by atoms with van der Waals surface area (Å²) in [6.45, 7) is 2.86. The van der Waals surface area contributed by atoms with Gasteiger partial charge in [0.05, 0.1) is 11.3 Å². The minimum Gasteiger partial charge on any atom is -0.478 e. The second-order valence-electron chi connectivity index (χ2n) is 5.28.